The Kier molecular flexibility index (Phi) is 16.8. The molecule has 0 atom stereocenters. The van der Waals surface area contributed by atoms with E-state index in [1.54, 1.807) is 21.3 Å². The molecule has 0 rings (SSSR count). The van der Waals surface area contributed by atoms with Crippen LogP contribution < -0.4 is 0 Å². The van der Waals surface area contributed by atoms with Gasteiger partial charge >= 0.3 is 33.8 Å². The van der Waals surface area contributed by atoms with Crippen molar-refractivity contribution in [3.8, 4) is 0 Å². The predicted octanol–water partition coefficient (Wildman–Crippen LogP) is 1.84. The summed E-state index contributed by atoms with van der Waals surface area (Å²) in [5.74, 6) is 0. The van der Waals surface area contributed by atoms with Gasteiger partial charge in [0.05, 0.1) is 0 Å². The van der Waals surface area contributed by atoms with Crippen molar-refractivity contribution in [3.63, 3.8) is 0 Å². The fraction of sp³-hybridized carbons (Fsp3) is 1.00. The summed E-state index contributed by atoms with van der Waals surface area (Å²) in [6, 6.07) is 0. The molecule has 0 spiro atoms. The average Bonchev–Trinajstić information content (AvgIpc) is 1.96. The molecule has 0 radical (unpaired) electrons. The molecular formula is C3H9ClCuO3P. The Morgan fingerprint density at radius 2 is 1.22 bits per heavy atom. The van der Waals surface area contributed by atoms with Crippen molar-refractivity contribution in [2.45, 2.75) is 0 Å². The summed E-state index contributed by atoms with van der Waals surface area (Å²) in [5, 5.41) is 0. The molecule has 0 amide bonds. The van der Waals surface area contributed by atoms with Gasteiger partial charge in [0, 0.05) is 21.3 Å². The van der Waals surface area contributed by atoms with Crippen LogP contribution in [0, 0.1) is 0 Å². The Bertz CT molecular complexity index is 40.5. The van der Waals surface area contributed by atoms with Crippen molar-refractivity contribution < 1.29 is 28.7 Å². The first-order chi connectivity index (χ1) is 4.35. The van der Waals surface area contributed by atoms with Crippen LogP contribution in [-0.2, 0) is 28.7 Å². The third-order valence-electron chi connectivity index (χ3n) is 0.447. The average molecular weight is 223 g/mol. The summed E-state index contributed by atoms with van der Waals surface area (Å²) in [4.78, 5) is 0. The van der Waals surface area contributed by atoms with E-state index in [9.17, 15) is 0 Å². The number of hydrogen-bond donors (Lipinski definition) is 0. The van der Waals surface area contributed by atoms with Crippen LogP contribution in [0.15, 0.2) is 0 Å². The minimum absolute atomic E-state index is 1.05. The molecule has 0 fully saturated rings. The van der Waals surface area contributed by atoms with Gasteiger partial charge in [-0.25, -0.2) is 0 Å². The van der Waals surface area contributed by atoms with Crippen LogP contribution in [0.4, 0.5) is 0 Å². The quantitative estimate of drug-likeness (QED) is 0.539. The predicted molar refractivity (Wildman–Crippen MR) is 33.8 cm³/mol. The maximum atomic E-state index is 4.67. The Balaban J connectivity index is 0. The Hall–Kier alpha value is 1.12. The fourth-order valence-corrected chi connectivity index (χ4v) is 0.671. The second-order valence-corrected chi connectivity index (χ2v) is 2.31. The molecule has 62 valence electrons. The van der Waals surface area contributed by atoms with E-state index in [4.69, 9.17) is 0 Å². The summed E-state index contributed by atoms with van der Waals surface area (Å²) in [6.45, 7) is 0. The van der Waals surface area contributed by atoms with Crippen molar-refractivity contribution in [1.29, 1.82) is 0 Å². The SMILES string of the molecule is COP(OC)OC.[Cl][Cu]. The van der Waals surface area contributed by atoms with Crippen molar-refractivity contribution in [2.75, 3.05) is 21.3 Å². The van der Waals surface area contributed by atoms with E-state index < -0.39 is 8.60 Å². The van der Waals surface area contributed by atoms with E-state index >= 15 is 0 Å². The van der Waals surface area contributed by atoms with Crippen LogP contribution >= 0.6 is 18.7 Å². The molecule has 0 aliphatic heterocycles. The third-order valence-corrected chi connectivity index (χ3v) is 1.34. The first-order valence-corrected chi connectivity index (χ1v) is 4.28. The summed E-state index contributed by atoms with van der Waals surface area (Å²) in [6.07, 6.45) is 0. The van der Waals surface area contributed by atoms with Gasteiger partial charge in [0.25, 0.3) is 0 Å². The standard InChI is InChI=1S/C3H9O3P.ClH.Cu/c1-4-7(5-2)6-3;;/h1-3H3;1H;/q;;+1/p-1. The minimum atomic E-state index is -1.05. The number of rotatable bonds is 3. The first kappa shape index (κ1) is 12.8. The Labute approximate surface area is 69.0 Å². The molecular weight excluding hydrogens is 214 g/mol. The topological polar surface area (TPSA) is 27.7 Å². The molecule has 0 aromatic rings. The first-order valence-electron chi connectivity index (χ1n) is 1.89. The van der Waals surface area contributed by atoms with E-state index in [0.29, 0.717) is 0 Å². The maximum absolute atomic E-state index is 4.67. The van der Waals surface area contributed by atoms with Gasteiger partial charge < -0.3 is 13.6 Å². The molecule has 0 aliphatic rings. The van der Waals surface area contributed by atoms with Crippen LogP contribution in [-0.4, -0.2) is 21.3 Å². The zero-order valence-corrected chi connectivity index (χ0v) is 7.94. The van der Waals surface area contributed by atoms with Gasteiger partial charge in [-0.1, -0.05) is 0 Å². The summed E-state index contributed by atoms with van der Waals surface area (Å²) < 4.78 is 14.0. The van der Waals surface area contributed by atoms with Crippen LogP contribution in [0.2, 0.25) is 0 Å². The van der Waals surface area contributed by atoms with Gasteiger partial charge in [-0.2, -0.15) is 0 Å². The molecule has 0 aliphatic carbocycles. The molecule has 0 N–H and O–H groups in total. The Morgan fingerprint density at radius 1 is 1.00 bits per heavy atom. The van der Waals surface area contributed by atoms with Crippen LogP contribution in [0.25, 0.3) is 0 Å². The third kappa shape index (κ3) is 9.12. The number of hydrogen-bond acceptors (Lipinski definition) is 3. The molecule has 0 heterocycles. The van der Waals surface area contributed by atoms with E-state index in [-0.39, 0.29) is 0 Å². The molecule has 6 heteroatoms. The molecule has 0 saturated carbocycles. The van der Waals surface area contributed by atoms with Crippen LogP contribution in [0.1, 0.15) is 0 Å². The van der Waals surface area contributed by atoms with Gasteiger partial charge in [0.15, 0.2) is 0 Å². The molecule has 0 aromatic carbocycles. The molecule has 0 aromatic heterocycles. The molecule has 0 bridgehead atoms. The van der Waals surface area contributed by atoms with Gasteiger partial charge in [0.1, 0.15) is 0 Å². The summed E-state index contributed by atoms with van der Waals surface area (Å²) >= 11 is 3.66. The monoisotopic (exact) mass is 222 g/mol. The van der Waals surface area contributed by atoms with Gasteiger partial charge in [-0.05, 0) is 0 Å². The normalized spacial score (nSPS) is 8.78. The molecule has 9 heavy (non-hydrogen) atoms. The van der Waals surface area contributed by atoms with Gasteiger partial charge in [-0.3, -0.25) is 0 Å². The van der Waals surface area contributed by atoms with Gasteiger partial charge in [-0.15, -0.1) is 0 Å². The second-order valence-electron chi connectivity index (χ2n) is 0.771. The van der Waals surface area contributed by atoms with E-state index in [2.05, 4.69) is 38.8 Å². The second kappa shape index (κ2) is 11.9. The zero-order chi connectivity index (χ0) is 7.70. The van der Waals surface area contributed by atoms with Crippen molar-refractivity contribution in [2.24, 2.45) is 0 Å². The molecule has 0 unspecified atom stereocenters. The van der Waals surface area contributed by atoms with E-state index in [1.807, 2.05) is 0 Å². The number of halogens is 1. The molecule has 3 nitrogen and oxygen atoms in total. The van der Waals surface area contributed by atoms with E-state index in [0.717, 1.165) is 0 Å². The Morgan fingerprint density at radius 3 is 1.22 bits per heavy atom. The zero-order valence-electron chi connectivity index (χ0n) is 5.35. The van der Waals surface area contributed by atoms with Crippen molar-refractivity contribution >= 4 is 18.7 Å². The van der Waals surface area contributed by atoms with E-state index in [1.165, 1.54) is 0 Å². The van der Waals surface area contributed by atoms with Crippen LogP contribution in [0.5, 0.6) is 0 Å². The van der Waals surface area contributed by atoms with Gasteiger partial charge in [0.2, 0.25) is 0 Å². The fourth-order valence-electron chi connectivity index (χ4n) is 0.224. The summed E-state index contributed by atoms with van der Waals surface area (Å²) in [7, 11) is 7.77. The van der Waals surface area contributed by atoms with Crippen molar-refractivity contribution in [3.05, 3.63) is 0 Å². The summed E-state index contributed by atoms with van der Waals surface area (Å²) in [5.41, 5.74) is 0. The van der Waals surface area contributed by atoms with Crippen molar-refractivity contribution in [1.82, 2.24) is 0 Å². The van der Waals surface area contributed by atoms with Crippen LogP contribution in [0.3, 0.4) is 0 Å². The molecule has 0 saturated heterocycles.